The number of hydrogen-bond acceptors (Lipinski definition) is 5. The topological polar surface area (TPSA) is 74.4 Å². The van der Waals surface area contributed by atoms with E-state index in [1.807, 2.05) is 0 Å². The highest BCUT2D eigenvalue weighted by molar-refractivity contribution is 6.21. The molecular weight excluding hydrogens is 359 g/mol. The summed E-state index contributed by atoms with van der Waals surface area (Å²) in [5.41, 5.74) is 0.106. The number of amides is 1. The molecule has 4 aliphatic carbocycles. The summed E-state index contributed by atoms with van der Waals surface area (Å²) in [5.74, 6) is -0.0902. The molecule has 5 unspecified atom stereocenters. The summed E-state index contributed by atoms with van der Waals surface area (Å²) in [5, 5.41) is 13.4. The summed E-state index contributed by atoms with van der Waals surface area (Å²) in [6.45, 7) is 4.17. The Morgan fingerprint density at radius 1 is 1.23 bits per heavy atom. The molecule has 0 aromatic rings. The van der Waals surface area contributed by atoms with Gasteiger partial charge >= 0.3 is 0 Å². The second kappa shape index (κ2) is 7.17. The van der Waals surface area contributed by atoms with Gasteiger partial charge in [-0.15, -0.1) is 11.6 Å². The minimum atomic E-state index is -1.03. The van der Waals surface area contributed by atoms with Crippen LogP contribution in [0.5, 0.6) is 0 Å². The van der Waals surface area contributed by atoms with Crippen molar-refractivity contribution in [1.82, 2.24) is 21.3 Å². The highest BCUT2D eigenvalue weighted by Gasteiger charge is 2.69. The molecule has 0 radical (unpaired) electrons. The van der Waals surface area contributed by atoms with Crippen molar-refractivity contribution < 1.29 is 13.9 Å². The summed E-state index contributed by atoms with van der Waals surface area (Å²) in [6.07, 6.45) is 3.59. The number of nitrogens with one attached hydrogen (secondary N) is 4. The predicted molar refractivity (Wildman–Crippen MR) is 98.0 cm³/mol. The summed E-state index contributed by atoms with van der Waals surface area (Å²) in [7, 11) is 0. The van der Waals surface area contributed by atoms with E-state index >= 15 is 0 Å². The van der Waals surface area contributed by atoms with Crippen LogP contribution in [-0.2, 0) is 9.53 Å². The van der Waals surface area contributed by atoms with Gasteiger partial charge in [-0.05, 0) is 39.0 Å². The van der Waals surface area contributed by atoms with E-state index in [2.05, 4.69) is 28.2 Å². The Balaban J connectivity index is 1.16. The third-order valence-corrected chi connectivity index (χ3v) is 6.94. The summed E-state index contributed by atoms with van der Waals surface area (Å²) < 4.78 is 19.2. The van der Waals surface area contributed by atoms with Crippen LogP contribution in [0.25, 0.3) is 0 Å². The van der Waals surface area contributed by atoms with Gasteiger partial charge in [-0.1, -0.05) is 0 Å². The standard InChI is InChI=1S/C18H30ClFN4O2/c1-11-16(22-5-4-21-11)24-18-8-17(9-18,10-18)23-15(25)7-26-12-2-3-13(19)14(20)6-12/h11-14,16,21-22,24H,2-10H2,1H3,(H,23,25). The molecule has 0 spiro atoms. The molecule has 148 valence electrons. The molecule has 0 aromatic carbocycles. The van der Waals surface area contributed by atoms with Crippen LogP contribution in [0, 0.1) is 0 Å². The first kappa shape index (κ1) is 18.9. The van der Waals surface area contributed by atoms with E-state index in [0.29, 0.717) is 18.9 Å². The molecule has 5 aliphatic rings. The molecule has 0 aromatic heterocycles. The fraction of sp³-hybridized carbons (Fsp3) is 0.944. The molecule has 2 bridgehead atoms. The lowest BCUT2D eigenvalue weighted by Gasteiger charge is -2.71. The third-order valence-electron chi connectivity index (χ3n) is 6.45. The average molecular weight is 389 g/mol. The lowest BCUT2D eigenvalue weighted by atomic mass is 9.44. The fourth-order valence-electron chi connectivity index (χ4n) is 5.12. The molecule has 1 heterocycles. The van der Waals surface area contributed by atoms with Crippen molar-refractivity contribution in [2.75, 3.05) is 19.7 Å². The van der Waals surface area contributed by atoms with E-state index in [-0.39, 0.29) is 35.9 Å². The zero-order chi connectivity index (χ0) is 18.4. The molecule has 6 nitrogen and oxygen atoms in total. The van der Waals surface area contributed by atoms with Gasteiger partial charge < -0.3 is 15.4 Å². The van der Waals surface area contributed by atoms with Crippen molar-refractivity contribution in [3.05, 3.63) is 0 Å². The Bertz CT molecular complexity index is 532. The zero-order valence-electron chi connectivity index (χ0n) is 15.3. The van der Waals surface area contributed by atoms with Crippen LogP contribution in [-0.4, -0.2) is 66.5 Å². The summed E-state index contributed by atoms with van der Waals surface area (Å²) in [6, 6.07) is 0.402. The van der Waals surface area contributed by atoms with Crippen molar-refractivity contribution >= 4 is 17.5 Å². The first-order valence-corrected chi connectivity index (χ1v) is 10.3. The summed E-state index contributed by atoms with van der Waals surface area (Å²) >= 11 is 5.88. The van der Waals surface area contributed by atoms with Crippen molar-refractivity contribution in [1.29, 1.82) is 0 Å². The molecule has 4 N–H and O–H groups in total. The maximum Gasteiger partial charge on any atom is 0.246 e. The number of carbonyl (C=O) groups excluding carboxylic acids is 1. The molecular formula is C18H30ClFN4O2. The normalized spacial score (nSPS) is 47.6. The smallest absolute Gasteiger partial charge is 0.246 e. The highest BCUT2D eigenvalue weighted by Crippen LogP contribution is 2.60. The highest BCUT2D eigenvalue weighted by atomic mass is 35.5. The van der Waals surface area contributed by atoms with E-state index in [0.717, 1.165) is 38.8 Å². The second-order valence-electron chi connectivity index (χ2n) is 8.74. The molecule has 1 aliphatic heterocycles. The maximum atomic E-state index is 13.6. The van der Waals surface area contributed by atoms with Gasteiger partial charge in [0.05, 0.1) is 17.6 Å². The number of hydrogen-bond donors (Lipinski definition) is 4. The molecule has 5 rings (SSSR count). The van der Waals surface area contributed by atoms with E-state index in [9.17, 15) is 9.18 Å². The molecule has 26 heavy (non-hydrogen) atoms. The van der Waals surface area contributed by atoms with Gasteiger partial charge in [0.15, 0.2) is 0 Å². The predicted octanol–water partition coefficient (Wildman–Crippen LogP) is 0.789. The molecule has 5 fully saturated rings. The first-order chi connectivity index (χ1) is 12.4. The maximum absolute atomic E-state index is 13.6. The molecule has 8 heteroatoms. The van der Waals surface area contributed by atoms with Gasteiger partial charge in [0.1, 0.15) is 12.8 Å². The largest absolute Gasteiger partial charge is 0.368 e. The second-order valence-corrected chi connectivity index (χ2v) is 9.30. The van der Waals surface area contributed by atoms with Crippen molar-refractivity contribution in [2.45, 2.75) is 86.4 Å². The van der Waals surface area contributed by atoms with E-state index in [4.69, 9.17) is 16.3 Å². The first-order valence-electron chi connectivity index (χ1n) is 9.84. The van der Waals surface area contributed by atoms with Gasteiger partial charge in [0, 0.05) is 36.6 Å². The third kappa shape index (κ3) is 3.74. The number of piperazine rings is 1. The Labute approximate surface area is 159 Å². The van der Waals surface area contributed by atoms with Crippen LogP contribution < -0.4 is 21.3 Å². The van der Waals surface area contributed by atoms with Crippen LogP contribution in [0.1, 0.15) is 45.4 Å². The van der Waals surface area contributed by atoms with Crippen LogP contribution >= 0.6 is 11.6 Å². The Morgan fingerprint density at radius 3 is 2.65 bits per heavy atom. The van der Waals surface area contributed by atoms with Crippen molar-refractivity contribution in [3.8, 4) is 0 Å². The van der Waals surface area contributed by atoms with Gasteiger partial charge in [0.25, 0.3) is 0 Å². The Morgan fingerprint density at radius 2 is 1.96 bits per heavy atom. The molecule has 1 amide bonds. The fourth-order valence-corrected chi connectivity index (χ4v) is 5.35. The quantitative estimate of drug-likeness (QED) is 0.506. The zero-order valence-corrected chi connectivity index (χ0v) is 16.1. The number of alkyl halides is 2. The number of ether oxygens (including phenoxy) is 1. The minimum Gasteiger partial charge on any atom is -0.368 e. The van der Waals surface area contributed by atoms with Gasteiger partial charge in [0.2, 0.25) is 5.91 Å². The van der Waals surface area contributed by atoms with Crippen molar-refractivity contribution in [3.63, 3.8) is 0 Å². The van der Waals surface area contributed by atoms with E-state index < -0.39 is 11.5 Å². The van der Waals surface area contributed by atoms with E-state index in [1.165, 1.54) is 0 Å². The monoisotopic (exact) mass is 388 g/mol. The lowest BCUT2D eigenvalue weighted by Crippen LogP contribution is -2.86. The van der Waals surface area contributed by atoms with E-state index in [1.54, 1.807) is 0 Å². The Kier molecular flexibility index (Phi) is 5.20. The number of carbonyl (C=O) groups is 1. The number of rotatable bonds is 6. The molecule has 4 saturated carbocycles. The summed E-state index contributed by atoms with van der Waals surface area (Å²) in [4.78, 5) is 12.2. The van der Waals surface area contributed by atoms with Gasteiger partial charge in [-0.25, -0.2) is 4.39 Å². The van der Waals surface area contributed by atoms with Crippen LogP contribution in [0.2, 0.25) is 0 Å². The minimum absolute atomic E-state index is 0.0116. The van der Waals surface area contributed by atoms with Crippen LogP contribution in [0.3, 0.4) is 0 Å². The molecule has 1 saturated heterocycles. The molecule has 5 atom stereocenters. The van der Waals surface area contributed by atoms with Crippen LogP contribution in [0.4, 0.5) is 4.39 Å². The number of halogens is 2. The van der Waals surface area contributed by atoms with Crippen molar-refractivity contribution in [2.24, 2.45) is 0 Å². The Hall–Kier alpha value is -0.470. The van der Waals surface area contributed by atoms with Gasteiger partial charge in [-0.3, -0.25) is 15.4 Å². The lowest BCUT2D eigenvalue weighted by molar-refractivity contribution is -0.150. The average Bonchev–Trinajstić information content (AvgIpc) is 2.54. The van der Waals surface area contributed by atoms with Crippen LogP contribution in [0.15, 0.2) is 0 Å². The SMILES string of the molecule is CC1NCCNC1NC12CC(NC(=O)COC3CCC(Cl)C(F)C3)(C1)C2. The van der Waals surface area contributed by atoms with Gasteiger partial charge in [-0.2, -0.15) is 0 Å².